The van der Waals surface area contributed by atoms with Crippen LogP contribution in [0.3, 0.4) is 0 Å². The minimum Gasteiger partial charge on any atom is -0.368 e. The molecule has 1 heterocycles. The second-order valence-corrected chi connectivity index (χ2v) is 4.23. The number of thiophene rings is 1. The Morgan fingerprint density at radius 2 is 2.31 bits per heavy atom. The van der Waals surface area contributed by atoms with E-state index in [4.69, 9.17) is 5.73 Å². The quantitative estimate of drug-likeness (QED) is 0.718. The smallest absolute Gasteiger partial charge is 0.315 e. The summed E-state index contributed by atoms with van der Waals surface area (Å²) in [5.74, 6) is -0.561. The molecule has 0 aliphatic carbocycles. The molecule has 1 atom stereocenters. The van der Waals surface area contributed by atoms with Crippen LogP contribution in [-0.4, -0.2) is 18.5 Å². The Kier molecular flexibility index (Phi) is 4.78. The maximum atomic E-state index is 11.4. The van der Waals surface area contributed by atoms with Crippen molar-refractivity contribution < 1.29 is 9.59 Å². The summed E-state index contributed by atoms with van der Waals surface area (Å²) in [4.78, 5) is 23.3. The highest BCUT2D eigenvalue weighted by molar-refractivity contribution is 7.10. The number of hydrogen-bond donors (Lipinski definition) is 3. The molecule has 6 heteroatoms. The van der Waals surface area contributed by atoms with Crippen molar-refractivity contribution in [3.8, 4) is 0 Å². The van der Waals surface area contributed by atoms with Crippen LogP contribution in [-0.2, 0) is 4.79 Å². The number of nitrogens with two attached hydrogens (primary N) is 1. The van der Waals surface area contributed by atoms with E-state index >= 15 is 0 Å². The fourth-order valence-electron chi connectivity index (χ4n) is 1.16. The van der Waals surface area contributed by atoms with Crippen LogP contribution in [0.2, 0.25) is 0 Å². The lowest BCUT2D eigenvalue weighted by Crippen LogP contribution is -2.42. The number of nitrogens with one attached hydrogen (secondary N) is 2. The van der Waals surface area contributed by atoms with E-state index in [0.717, 1.165) is 11.3 Å². The van der Waals surface area contributed by atoms with Gasteiger partial charge in [-0.1, -0.05) is 13.0 Å². The average Bonchev–Trinajstić information content (AvgIpc) is 2.75. The molecule has 5 nitrogen and oxygen atoms in total. The van der Waals surface area contributed by atoms with E-state index in [9.17, 15) is 9.59 Å². The van der Waals surface area contributed by atoms with Crippen LogP contribution in [0, 0.1) is 0 Å². The predicted octanol–water partition coefficient (Wildman–Crippen LogP) is 0.984. The van der Waals surface area contributed by atoms with Gasteiger partial charge in [-0.3, -0.25) is 4.79 Å². The zero-order valence-electron chi connectivity index (χ0n) is 9.03. The first-order valence-corrected chi connectivity index (χ1v) is 5.90. The van der Waals surface area contributed by atoms with E-state index in [2.05, 4.69) is 10.6 Å². The summed E-state index contributed by atoms with van der Waals surface area (Å²) in [7, 11) is 0. The second-order valence-electron chi connectivity index (χ2n) is 3.25. The Bertz CT molecular complexity index is 351. The molecular formula is C10H15N3O2S. The SMILES string of the molecule is CCCNC(=O)NC(C(N)=O)c1cccs1. The molecule has 0 bridgehead atoms. The van der Waals surface area contributed by atoms with Crippen molar-refractivity contribution in [3.05, 3.63) is 22.4 Å². The molecule has 88 valence electrons. The van der Waals surface area contributed by atoms with Crippen molar-refractivity contribution in [3.63, 3.8) is 0 Å². The largest absolute Gasteiger partial charge is 0.368 e. The van der Waals surface area contributed by atoms with Crippen LogP contribution in [0.1, 0.15) is 24.3 Å². The van der Waals surface area contributed by atoms with Crippen LogP contribution in [0.15, 0.2) is 17.5 Å². The summed E-state index contributed by atoms with van der Waals surface area (Å²) in [5, 5.41) is 7.00. The fraction of sp³-hybridized carbons (Fsp3) is 0.400. The number of rotatable bonds is 5. The highest BCUT2D eigenvalue weighted by atomic mass is 32.1. The monoisotopic (exact) mass is 241 g/mol. The van der Waals surface area contributed by atoms with Crippen molar-refractivity contribution in [2.75, 3.05) is 6.54 Å². The molecule has 0 aliphatic rings. The van der Waals surface area contributed by atoms with Gasteiger partial charge in [-0.05, 0) is 17.9 Å². The van der Waals surface area contributed by atoms with Crippen LogP contribution in [0.5, 0.6) is 0 Å². The number of amides is 3. The minimum atomic E-state index is -0.753. The van der Waals surface area contributed by atoms with Gasteiger partial charge in [0.1, 0.15) is 6.04 Å². The molecule has 0 aliphatic heterocycles. The van der Waals surface area contributed by atoms with Crippen molar-refractivity contribution in [2.24, 2.45) is 5.73 Å². The normalized spacial score (nSPS) is 11.8. The van der Waals surface area contributed by atoms with E-state index in [1.165, 1.54) is 11.3 Å². The molecule has 0 spiro atoms. The lowest BCUT2D eigenvalue weighted by molar-refractivity contribution is -0.119. The Morgan fingerprint density at radius 1 is 1.56 bits per heavy atom. The van der Waals surface area contributed by atoms with Gasteiger partial charge >= 0.3 is 6.03 Å². The molecule has 0 radical (unpaired) electrons. The van der Waals surface area contributed by atoms with E-state index in [1.807, 2.05) is 18.4 Å². The maximum absolute atomic E-state index is 11.4. The molecular weight excluding hydrogens is 226 g/mol. The number of carbonyl (C=O) groups is 2. The number of carbonyl (C=O) groups excluding carboxylic acids is 2. The third-order valence-corrected chi connectivity index (χ3v) is 2.86. The summed E-state index contributed by atoms with van der Waals surface area (Å²) in [5.41, 5.74) is 5.23. The van der Waals surface area contributed by atoms with Crippen molar-refractivity contribution in [1.29, 1.82) is 0 Å². The molecule has 1 unspecified atom stereocenters. The Morgan fingerprint density at radius 3 is 2.81 bits per heavy atom. The van der Waals surface area contributed by atoms with Gasteiger partial charge in [0.15, 0.2) is 0 Å². The Hall–Kier alpha value is -1.56. The highest BCUT2D eigenvalue weighted by Gasteiger charge is 2.20. The number of hydrogen-bond acceptors (Lipinski definition) is 3. The van der Waals surface area contributed by atoms with Gasteiger partial charge in [0.25, 0.3) is 0 Å². The summed E-state index contributed by atoms with van der Waals surface area (Å²) in [6, 6.07) is 2.44. The van der Waals surface area contributed by atoms with E-state index in [1.54, 1.807) is 6.07 Å². The molecule has 3 amide bonds. The van der Waals surface area contributed by atoms with Crippen LogP contribution < -0.4 is 16.4 Å². The summed E-state index contributed by atoms with van der Waals surface area (Å²) in [6.07, 6.45) is 0.841. The number of primary amides is 1. The van der Waals surface area contributed by atoms with E-state index in [-0.39, 0.29) is 6.03 Å². The first-order valence-electron chi connectivity index (χ1n) is 5.02. The standard InChI is InChI=1S/C10H15N3O2S/c1-2-5-12-10(15)13-8(9(11)14)7-4-3-6-16-7/h3-4,6,8H,2,5H2,1H3,(H2,11,14)(H2,12,13,15). The molecule has 1 aromatic rings. The lowest BCUT2D eigenvalue weighted by Gasteiger charge is -2.14. The van der Waals surface area contributed by atoms with Gasteiger partial charge in [0.2, 0.25) is 5.91 Å². The van der Waals surface area contributed by atoms with Gasteiger partial charge in [0, 0.05) is 11.4 Å². The number of urea groups is 1. The second kappa shape index (κ2) is 6.12. The van der Waals surface area contributed by atoms with Gasteiger partial charge in [-0.15, -0.1) is 11.3 Å². The van der Waals surface area contributed by atoms with Gasteiger partial charge in [-0.25, -0.2) is 4.79 Å². The first-order chi connectivity index (χ1) is 7.65. The Balaban J connectivity index is 2.59. The highest BCUT2D eigenvalue weighted by Crippen LogP contribution is 2.18. The third-order valence-electron chi connectivity index (χ3n) is 1.92. The lowest BCUT2D eigenvalue weighted by atomic mass is 10.2. The molecule has 1 rings (SSSR count). The topological polar surface area (TPSA) is 84.2 Å². The van der Waals surface area contributed by atoms with Gasteiger partial charge in [0.05, 0.1) is 0 Å². The summed E-state index contributed by atoms with van der Waals surface area (Å²) < 4.78 is 0. The predicted molar refractivity (Wildman–Crippen MR) is 63.1 cm³/mol. The van der Waals surface area contributed by atoms with Crippen molar-refractivity contribution in [2.45, 2.75) is 19.4 Å². The van der Waals surface area contributed by atoms with Gasteiger partial charge < -0.3 is 16.4 Å². The molecule has 0 fully saturated rings. The Labute approximate surface area is 98.0 Å². The zero-order valence-corrected chi connectivity index (χ0v) is 9.84. The van der Waals surface area contributed by atoms with Crippen LogP contribution in [0.4, 0.5) is 4.79 Å². The maximum Gasteiger partial charge on any atom is 0.315 e. The van der Waals surface area contributed by atoms with Crippen LogP contribution in [0.25, 0.3) is 0 Å². The van der Waals surface area contributed by atoms with E-state index < -0.39 is 11.9 Å². The van der Waals surface area contributed by atoms with Crippen molar-refractivity contribution >= 4 is 23.3 Å². The minimum absolute atomic E-state index is 0.376. The van der Waals surface area contributed by atoms with Crippen molar-refractivity contribution in [1.82, 2.24) is 10.6 Å². The molecule has 0 saturated carbocycles. The van der Waals surface area contributed by atoms with Gasteiger partial charge in [-0.2, -0.15) is 0 Å². The molecule has 16 heavy (non-hydrogen) atoms. The zero-order chi connectivity index (χ0) is 12.0. The molecule has 0 aromatic carbocycles. The average molecular weight is 241 g/mol. The fourth-order valence-corrected chi connectivity index (χ4v) is 1.94. The van der Waals surface area contributed by atoms with E-state index in [0.29, 0.717) is 6.54 Å². The third kappa shape index (κ3) is 3.54. The molecule has 4 N–H and O–H groups in total. The summed E-state index contributed by atoms with van der Waals surface area (Å²) >= 11 is 1.38. The summed E-state index contributed by atoms with van der Waals surface area (Å²) in [6.45, 7) is 2.52. The molecule has 0 saturated heterocycles. The first kappa shape index (κ1) is 12.5. The van der Waals surface area contributed by atoms with Crippen LogP contribution >= 0.6 is 11.3 Å². The molecule has 1 aromatic heterocycles.